The molecule has 0 saturated carbocycles. The highest BCUT2D eigenvalue weighted by Gasteiger charge is 2.48. The number of benzene rings is 3. The molecule has 36 heavy (non-hydrogen) atoms. The van der Waals surface area contributed by atoms with Gasteiger partial charge in [0.25, 0.3) is 5.78 Å². The number of carbonyl (C=O) groups is 2. The lowest BCUT2D eigenvalue weighted by Crippen LogP contribution is -2.29. The summed E-state index contributed by atoms with van der Waals surface area (Å²) in [5, 5.41) is 12.2. The van der Waals surface area contributed by atoms with Crippen molar-refractivity contribution in [3.63, 3.8) is 0 Å². The van der Waals surface area contributed by atoms with E-state index in [0.29, 0.717) is 44.9 Å². The number of rotatable bonds is 6. The van der Waals surface area contributed by atoms with Crippen LogP contribution in [0.2, 0.25) is 5.02 Å². The molecule has 4 aromatic rings. The van der Waals surface area contributed by atoms with Crippen LogP contribution >= 0.6 is 22.9 Å². The average molecular weight is 521 g/mol. The second-order valence-electron chi connectivity index (χ2n) is 8.01. The monoisotopic (exact) mass is 520 g/mol. The third kappa shape index (κ3) is 4.19. The number of fused-ring (bicyclic) bond motifs is 1. The summed E-state index contributed by atoms with van der Waals surface area (Å²) in [7, 11) is 1.55. The number of aliphatic hydroxyl groups excluding tert-OH is 1. The van der Waals surface area contributed by atoms with Crippen molar-refractivity contribution in [1.29, 1.82) is 0 Å². The van der Waals surface area contributed by atoms with Gasteiger partial charge in [-0.2, -0.15) is 0 Å². The van der Waals surface area contributed by atoms with Crippen molar-refractivity contribution in [3.05, 3.63) is 88.5 Å². The van der Waals surface area contributed by atoms with Crippen LogP contribution in [0.3, 0.4) is 0 Å². The molecule has 2 heterocycles. The summed E-state index contributed by atoms with van der Waals surface area (Å²) in [6.45, 7) is 2.30. The molecule has 1 amide bonds. The summed E-state index contributed by atoms with van der Waals surface area (Å²) >= 11 is 7.39. The van der Waals surface area contributed by atoms with Crippen LogP contribution in [-0.2, 0) is 9.59 Å². The van der Waals surface area contributed by atoms with Crippen LogP contribution < -0.4 is 14.4 Å². The third-order valence-electron chi connectivity index (χ3n) is 5.84. The van der Waals surface area contributed by atoms with Gasteiger partial charge in [-0.25, -0.2) is 4.98 Å². The van der Waals surface area contributed by atoms with Crippen LogP contribution in [0.1, 0.15) is 24.1 Å². The molecule has 0 bridgehead atoms. The van der Waals surface area contributed by atoms with Crippen LogP contribution in [0.4, 0.5) is 5.13 Å². The van der Waals surface area contributed by atoms with Crippen molar-refractivity contribution in [2.75, 3.05) is 18.6 Å². The number of amides is 1. The van der Waals surface area contributed by atoms with Crippen LogP contribution in [0.15, 0.2) is 72.3 Å². The summed E-state index contributed by atoms with van der Waals surface area (Å²) in [5.74, 6) is -0.701. The lowest BCUT2D eigenvalue weighted by Gasteiger charge is -2.23. The fourth-order valence-corrected chi connectivity index (χ4v) is 5.44. The van der Waals surface area contributed by atoms with E-state index >= 15 is 0 Å². The Balaban J connectivity index is 1.70. The molecule has 3 aromatic carbocycles. The van der Waals surface area contributed by atoms with Gasteiger partial charge in [0.2, 0.25) is 0 Å². The van der Waals surface area contributed by atoms with E-state index in [2.05, 4.69) is 4.98 Å². The van der Waals surface area contributed by atoms with Gasteiger partial charge in [0.1, 0.15) is 17.3 Å². The second kappa shape index (κ2) is 9.64. The number of thiazole rings is 1. The quantitative estimate of drug-likeness (QED) is 0.191. The van der Waals surface area contributed by atoms with E-state index in [-0.39, 0.29) is 11.3 Å². The lowest BCUT2D eigenvalue weighted by atomic mass is 9.95. The molecule has 0 aliphatic carbocycles. The van der Waals surface area contributed by atoms with Crippen molar-refractivity contribution >= 4 is 55.7 Å². The summed E-state index contributed by atoms with van der Waals surface area (Å²) in [6.07, 6.45) is 0. The first-order valence-electron chi connectivity index (χ1n) is 11.2. The van der Waals surface area contributed by atoms with Gasteiger partial charge in [-0.15, -0.1) is 0 Å². The van der Waals surface area contributed by atoms with Gasteiger partial charge in [0.15, 0.2) is 5.13 Å². The Labute approximate surface area is 216 Å². The molecule has 182 valence electrons. The largest absolute Gasteiger partial charge is 0.507 e. The van der Waals surface area contributed by atoms with Crippen LogP contribution in [0.5, 0.6) is 11.5 Å². The van der Waals surface area contributed by atoms with Crippen molar-refractivity contribution in [3.8, 4) is 11.5 Å². The van der Waals surface area contributed by atoms with E-state index in [1.165, 1.54) is 16.2 Å². The fourth-order valence-electron chi connectivity index (χ4n) is 4.18. The highest BCUT2D eigenvalue weighted by atomic mass is 35.5. The molecule has 7 nitrogen and oxygen atoms in total. The number of ether oxygens (including phenoxy) is 2. The molecular formula is C27H21ClN2O5S. The van der Waals surface area contributed by atoms with Gasteiger partial charge in [0.05, 0.1) is 35.5 Å². The van der Waals surface area contributed by atoms with Crippen molar-refractivity contribution in [2.24, 2.45) is 0 Å². The number of aliphatic hydroxyl groups is 1. The number of methoxy groups -OCH3 is 1. The van der Waals surface area contributed by atoms with Gasteiger partial charge in [-0.3, -0.25) is 14.5 Å². The van der Waals surface area contributed by atoms with Crippen molar-refractivity contribution < 1.29 is 24.2 Å². The van der Waals surface area contributed by atoms with E-state index in [0.717, 1.165) is 4.70 Å². The van der Waals surface area contributed by atoms with Crippen LogP contribution in [-0.4, -0.2) is 35.5 Å². The number of nitrogens with zero attached hydrogens (tertiary/aromatic N) is 2. The predicted molar refractivity (Wildman–Crippen MR) is 140 cm³/mol. The van der Waals surface area contributed by atoms with E-state index in [1.807, 2.05) is 6.92 Å². The molecule has 0 spiro atoms. The molecule has 1 N–H and O–H groups in total. The smallest absolute Gasteiger partial charge is 0.301 e. The Bertz CT molecular complexity index is 1510. The number of aromatic nitrogens is 1. The molecule has 0 radical (unpaired) electrons. The Morgan fingerprint density at radius 1 is 1.08 bits per heavy atom. The average Bonchev–Trinajstić information content (AvgIpc) is 3.41. The first kappa shape index (κ1) is 23.8. The number of hydrogen-bond acceptors (Lipinski definition) is 7. The maximum Gasteiger partial charge on any atom is 0.301 e. The SMILES string of the molecule is CCOc1cccc(C(O)=C2C(=O)C(=O)N(c3nc4ccc(Cl)cc4s3)C2c2ccc(OC)cc2)c1. The normalized spacial score (nSPS) is 17.1. The fraction of sp³-hybridized carbons (Fsp3) is 0.148. The number of carbonyl (C=O) groups excluding carboxylic acids is 2. The number of hydrogen-bond donors (Lipinski definition) is 1. The van der Waals surface area contributed by atoms with E-state index in [4.69, 9.17) is 21.1 Å². The van der Waals surface area contributed by atoms with Gasteiger partial charge in [0, 0.05) is 10.6 Å². The minimum absolute atomic E-state index is 0.0314. The van der Waals surface area contributed by atoms with E-state index in [9.17, 15) is 14.7 Å². The Morgan fingerprint density at radius 2 is 1.86 bits per heavy atom. The standard InChI is InChI=1S/C27H21ClN2O5S/c1-3-35-19-6-4-5-16(13-19)24(31)22-23(15-7-10-18(34-2)11-8-15)30(26(33)25(22)32)27-29-20-12-9-17(28)14-21(20)36-27/h4-14,23,31H,3H2,1-2H3. The molecule has 1 fully saturated rings. The minimum atomic E-state index is -0.900. The molecule has 1 unspecified atom stereocenters. The number of Topliss-reactive ketones (excluding diaryl/α,β-unsaturated/α-hetero) is 1. The highest BCUT2D eigenvalue weighted by Crippen LogP contribution is 2.45. The molecular weight excluding hydrogens is 500 g/mol. The molecule has 9 heteroatoms. The van der Waals surface area contributed by atoms with Crippen LogP contribution in [0.25, 0.3) is 16.0 Å². The zero-order chi connectivity index (χ0) is 25.4. The van der Waals surface area contributed by atoms with Gasteiger partial charge < -0.3 is 14.6 Å². The summed E-state index contributed by atoms with van der Waals surface area (Å²) in [6, 6.07) is 18.1. The van der Waals surface area contributed by atoms with E-state index in [1.54, 1.807) is 73.8 Å². The van der Waals surface area contributed by atoms with Crippen LogP contribution in [0, 0.1) is 0 Å². The molecule has 1 atom stereocenters. The highest BCUT2D eigenvalue weighted by molar-refractivity contribution is 7.22. The molecule has 1 saturated heterocycles. The molecule has 1 aliphatic heterocycles. The zero-order valence-corrected chi connectivity index (χ0v) is 21.0. The summed E-state index contributed by atoms with van der Waals surface area (Å²) in [4.78, 5) is 32.7. The second-order valence-corrected chi connectivity index (χ2v) is 9.46. The molecule has 1 aromatic heterocycles. The summed E-state index contributed by atoms with van der Waals surface area (Å²) < 4.78 is 11.6. The lowest BCUT2D eigenvalue weighted by molar-refractivity contribution is -0.132. The Morgan fingerprint density at radius 3 is 2.58 bits per heavy atom. The minimum Gasteiger partial charge on any atom is -0.507 e. The van der Waals surface area contributed by atoms with Gasteiger partial charge in [-0.1, -0.05) is 47.2 Å². The van der Waals surface area contributed by atoms with Crippen molar-refractivity contribution in [1.82, 2.24) is 4.98 Å². The summed E-state index contributed by atoms with van der Waals surface area (Å²) in [5.41, 5.74) is 1.61. The maximum atomic E-state index is 13.4. The first-order valence-corrected chi connectivity index (χ1v) is 12.3. The number of anilines is 1. The zero-order valence-electron chi connectivity index (χ0n) is 19.4. The Hall–Kier alpha value is -3.88. The Kier molecular flexibility index (Phi) is 6.38. The maximum absolute atomic E-state index is 13.4. The van der Waals surface area contributed by atoms with E-state index < -0.39 is 17.7 Å². The molecule has 1 aliphatic rings. The van der Waals surface area contributed by atoms with Crippen molar-refractivity contribution in [2.45, 2.75) is 13.0 Å². The van der Waals surface area contributed by atoms with Gasteiger partial charge >= 0.3 is 5.91 Å². The third-order valence-corrected chi connectivity index (χ3v) is 7.09. The number of ketones is 1. The molecule has 5 rings (SSSR count). The van der Waals surface area contributed by atoms with Gasteiger partial charge in [-0.05, 0) is 55.0 Å². The number of halogens is 1. The topological polar surface area (TPSA) is 89.0 Å². The predicted octanol–water partition coefficient (Wildman–Crippen LogP) is 5.98. The first-order chi connectivity index (χ1) is 17.4.